The average molecular weight is 185 g/mol. The maximum atomic E-state index is 2.26. The third-order valence-electron chi connectivity index (χ3n) is 2.37. The Morgan fingerprint density at radius 2 is 2.14 bits per heavy atom. The molecule has 0 amide bonds. The third kappa shape index (κ3) is 1.87. The molecule has 0 bridgehead atoms. The van der Waals surface area contributed by atoms with Crippen LogP contribution in [-0.2, 0) is 0 Å². The zero-order chi connectivity index (χ0) is 9.97. The van der Waals surface area contributed by atoms with Gasteiger partial charge in [0.2, 0.25) is 0 Å². The van der Waals surface area contributed by atoms with E-state index in [9.17, 15) is 0 Å². The molecule has 72 valence electrons. The number of nitrogens with zero attached hydrogens (tertiary/aromatic N) is 1. The van der Waals surface area contributed by atoms with Crippen LogP contribution >= 0.6 is 0 Å². The van der Waals surface area contributed by atoms with Gasteiger partial charge in [-0.25, -0.2) is 0 Å². The van der Waals surface area contributed by atoms with E-state index in [-0.39, 0.29) is 0 Å². The van der Waals surface area contributed by atoms with Crippen molar-refractivity contribution < 1.29 is 0 Å². The second-order valence-corrected chi connectivity index (χ2v) is 3.79. The summed E-state index contributed by atoms with van der Waals surface area (Å²) >= 11 is 0. The second-order valence-electron chi connectivity index (χ2n) is 3.79. The topological polar surface area (TPSA) is 4.93 Å². The lowest BCUT2D eigenvalue weighted by Gasteiger charge is -2.04. The molecule has 1 heteroatoms. The standard InChI is InChI=1S/C13H15N/c1-11-5-3-4-6-13(9-11)14-8-7-12(2)10-14/h3-11H,1-2H3. The molecule has 0 aliphatic heterocycles. The van der Waals surface area contributed by atoms with Gasteiger partial charge in [0.25, 0.3) is 0 Å². The molecule has 1 aliphatic rings. The predicted molar refractivity (Wildman–Crippen MR) is 60.9 cm³/mol. The van der Waals surface area contributed by atoms with Crippen molar-refractivity contribution in [2.75, 3.05) is 0 Å². The molecule has 0 fully saturated rings. The first-order valence-electron chi connectivity index (χ1n) is 4.97. The van der Waals surface area contributed by atoms with Crippen molar-refractivity contribution >= 4 is 5.70 Å². The molecule has 0 N–H and O–H groups in total. The zero-order valence-electron chi connectivity index (χ0n) is 8.64. The molecule has 14 heavy (non-hydrogen) atoms. The summed E-state index contributed by atoms with van der Waals surface area (Å²) in [6, 6.07) is 2.12. The fourth-order valence-corrected chi connectivity index (χ4v) is 1.61. The molecular formula is C13H15N. The summed E-state index contributed by atoms with van der Waals surface area (Å²) < 4.78 is 2.16. The Kier molecular flexibility index (Phi) is 2.40. The largest absolute Gasteiger partial charge is 0.324 e. The van der Waals surface area contributed by atoms with Crippen LogP contribution in [0.1, 0.15) is 12.5 Å². The molecule has 1 unspecified atom stereocenters. The SMILES string of the molecule is Cc1ccn(C2=CC(C)C=CC=C2)c1. The van der Waals surface area contributed by atoms with Gasteiger partial charge in [-0.3, -0.25) is 0 Å². The lowest BCUT2D eigenvalue weighted by Crippen LogP contribution is -1.92. The Bertz CT molecular complexity index is 405. The minimum atomic E-state index is 0.503. The van der Waals surface area contributed by atoms with E-state index in [2.05, 4.69) is 67.3 Å². The van der Waals surface area contributed by atoms with E-state index < -0.39 is 0 Å². The number of hydrogen-bond donors (Lipinski definition) is 0. The molecule has 0 spiro atoms. The number of aromatic nitrogens is 1. The van der Waals surface area contributed by atoms with Crippen LogP contribution in [0, 0.1) is 12.8 Å². The summed E-state index contributed by atoms with van der Waals surface area (Å²) in [5.41, 5.74) is 2.54. The van der Waals surface area contributed by atoms with Crippen molar-refractivity contribution in [2.24, 2.45) is 5.92 Å². The van der Waals surface area contributed by atoms with Crippen molar-refractivity contribution in [2.45, 2.75) is 13.8 Å². The van der Waals surface area contributed by atoms with Gasteiger partial charge in [-0.1, -0.05) is 31.2 Å². The highest BCUT2D eigenvalue weighted by atomic mass is 14.9. The van der Waals surface area contributed by atoms with Crippen molar-refractivity contribution in [3.05, 3.63) is 54.4 Å². The minimum Gasteiger partial charge on any atom is -0.324 e. The molecule has 1 heterocycles. The van der Waals surface area contributed by atoms with Gasteiger partial charge >= 0.3 is 0 Å². The fraction of sp³-hybridized carbons (Fsp3) is 0.231. The van der Waals surface area contributed by atoms with Crippen LogP contribution in [0.15, 0.2) is 48.8 Å². The maximum absolute atomic E-state index is 2.26. The van der Waals surface area contributed by atoms with Crippen LogP contribution < -0.4 is 0 Å². The van der Waals surface area contributed by atoms with Crippen molar-refractivity contribution in [3.8, 4) is 0 Å². The molecule has 1 aromatic rings. The highest BCUT2D eigenvalue weighted by molar-refractivity contribution is 5.59. The Labute approximate surface area is 85.1 Å². The highest BCUT2D eigenvalue weighted by Gasteiger charge is 2.01. The lowest BCUT2D eigenvalue weighted by molar-refractivity contribution is 0.932. The predicted octanol–water partition coefficient (Wildman–Crippen LogP) is 3.40. The first-order chi connectivity index (χ1) is 6.75. The van der Waals surface area contributed by atoms with Crippen molar-refractivity contribution in [3.63, 3.8) is 0 Å². The molecule has 1 atom stereocenters. The van der Waals surface area contributed by atoms with Crippen molar-refractivity contribution in [1.29, 1.82) is 0 Å². The molecule has 0 saturated heterocycles. The molecule has 1 aliphatic carbocycles. The lowest BCUT2D eigenvalue weighted by atomic mass is 10.1. The Morgan fingerprint density at radius 3 is 2.86 bits per heavy atom. The van der Waals surface area contributed by atoms with E-state index in [1.165, 1.54) is 11.3 Å². The Morgan fingerprint density at radius 1 is 1.29 bits per heavy atom. The third-order valence-corrected chi connectivity index (χ3v) is 2.37. The van der Waals surface area contributed by atoms with Gasteiger partial charge in [-0.2, -0.15) is 0 Å². The van der Waals surface area contributed by atoms with E-state index in [0.29, 0.717) is 5.92 Å². The van der Waals surface area contributed by atoms with Gasteiger partial charge in [-0.05, 0) is 30.5 Å². The molecule has 0 aromatic carbocycles. The summed E-state index contributed by atoms with van der Waals surface area (Å²) in [5.74, 6) is 0.503. The normalized spacial score (nSPS) is 20.7. The summed E-state index contributed by atoms with van der Waals surface area (Å²) in [6.07, 6.45) is 15.0. The van der Waals surface area contributed by atoms with E-state index in [4.69, 9.17) is 0 Å². The van der Waals surface area contributed by atoms with E-state index in [0.717, 1.165) is 0 Å². The van der Waals surface area contributed by atoms with Gasteiger partial charge in [0.15, 0.2) is 0 Å². The summed E-state index contributed by atoms with van der Waals surface area (Å²) in [4.78, 5) is 0. The fourth-order valence-electron chi connectivity index (χ4n) is 1.61. The highest BCUT2D eigenvalue weighted by Crippen LogP contribution is 2.16. The van der Waals surface area contributed by atoms with E-state index in [1.54, 1.807) is 0 Å². The van der Waals surface area contributed by atoms with E-state index >= 15 is 0 Å². The maximum Gasteiger partial charge on any atom is 0.0415 e. The number of allylic oxidation sites excluding steroid dienone is 6. The van der Waals surface area contributed by atoms with Crippen LogP contribution in [0.2, 0.25) is 0 Å². The van der Waals surface area contributed by atoms with E-state index in [1.807, 2.05) is 0 Å². The Hall–Kier alpha value is -1.50. The molecular weight excluding hydrogens is 170 g/mol. The second kappa shape index (κ2) is 3.70. The van der Waals surface area contributed by atoms with Gasteiger partial charge in [-0.15, -0.1) is 0 Å². The quantitative estimate of drug-likeness (QED) is 0.632. The molecule has 0 radical (unpaired) electrons. The van der Waals surface area contributed by atoms with Crippen LogP contribution in [-0.4, -0.2) is 4.57 Å². The smallest absolute Gasteiger partial charge is 0.0415 e. The zero-order valence-corrected chi connectivity index (χ0v) is 8.64. The molecule has 0 saturated carbocycles. The molecule has 2 rings (SSSR count). The van der Waals surface area contributed by atoms with Crippen LogP contribution in [0.4, 0.5) is 0 Å². The number of hydrogen-bond acceptors (Lipinski definition) is 0. The van der Waals surface area contributed by atoms with Crippen molar-refractivity contribution in [1.82, 2.24) is 4.57 Å². The monoisotopic (exact) mass is 185 g/mol. The first kappa shape index (κ1) is 9.07. The van der Waals surface area contributed by atoms with Gasteiger partial charge < -0.3 is 4.57 Å². The van der Waals surface area contributed by atoms with Gasteiger partial charge in [0.1, 0.15) is 0 Å². The average Bonchev–Trinajstić information content (AvgIpc) is 2.45. The van der Waals surface area contributed by atoms with Crippen LogP contribution in [0.25, 0.3) is 5.70 Å². The number of aryl methyl sites for hydroxylation is 1. The van der Waals surface area contributed by atoms with Crippen LogP contribution in [0.5, 0.6) is 0 Å². The molecule has 1 nitrogen and oxygen atoms in total. The minimum absolute atomic E-state index is 0.503. The summed E-state index contributed by atoms with van der Waals surface area (Å²) in [6.45, 7) is 4.30. The van der Waals surface area contributed by atoms with Crippen LogP contribution in [0.3, 0.4) is 0 Å². The summed E-state index contributed by atoms with van der Waals surface area (Å²) in [5, 5.41) is 0. The van der Waals surface area contributed by atoms with Gasteiger partial charge in [0, 0.05) is 18.1 Å². The molecule has 1 aromatic heterocycles. The first-order valence-corrected chi connectivity index (χ1v) is 4.97. The number of rotatable bonds is 1. The summed E-state index contributed by atoms with van der Waals surface area (Å²) in [7, 11) is 0. The van der Waals surface area contributed by atoms with Gasteiger partial charge in [0.05, 0.1) is 0 Å². The Balaban J connectivity index is 2.34.